The first kappa shape index (κ1) is 22.3. The molecular formula is C21H17F3N2O4S. The van der Waals surface area contributed by atoms with E-state index in [1.807, 2.05) is 6.07 Å². The van der Waals surface area contributed by atoms with Crippen LogP contribution in [0, 0.1) is 0 Å². The maximum atomic E-state index is 12.6. The van der Waals surface area contributed by atoms with Crippen molar-refractivity contribution in [2.24, 2.45) is 0 Å². The maximum absolute atomic E-state index is 12.6. The summed E-state index contributed by atoms with van der Waals surface area (Å²) in [6.07, 6.45) is -4.86. The number of anilines is 1. The number of carbonyl (C=O) groups excluding carboxylic acids is 1. The monoisotopic (exact) mass is 450 g/mol. The molecule has 0 saturated carbocycles. The van der Waals surface area contributed by atoms with Gasteiger partial charge in [0.05, 0.1) is 4.90 Å². The normalized spacial score (nSPS) is 11.7. The second kappa shape index (κ2) is 9.19. The van der Waals surface area contributed by atoms with E-state index in [0.29, 0.717) is 0 Å². The summed E-state index contributed by atoms with van der Waals surface area (Å²) in [7, 11) is -3.89. The number of benzene rings is 3. The molecule has 3 aromatic carbocycles. The molecule has 0 aliphatic heterocycles. The van der Waals surface area contributed by atoms with Crippen LogP contribution in [0.15, 0.2) is 83.8 Å². The lowest BCUT2D eigenvalue weighted by Gasteiger charge is -2.11. The Kier molecular flexibility index (Phi) is 6.62. The van der Waals surface area contributed by atoms with Crippen molar-refractivity contribution in [2.45, 2.75) is 17.8 Å². The van der Waals surface area contributed by atoms with E-state index in [0.717, 1.165) is 17.7 Å². The predicted molar refractivity (Wildman–Crippen MR) is 108 cm³/mol. The highest BCUT2D eigenvalue weighted by Gasteiger charge is 2.31. The Morgan fingerprint density at radius 1 is 0.903 bits per heavy atom. The Balaban J connectivity index is 1.72. The van der Waals surface area contributed by atoms with Crippen LogP contribution < -0.4 is 14.8 Å². The van der Waals surface area contributed by atoms with Gasteiger partial charge in [0, 0.05) is 23.9 Å². The highest BCUT2D eigenvalue weighted by atomic mass is 32.2. The fourth-order valence-corrected chi connectivity index (χ4v) is 3.70. The summed E-state index contributed by atoms with van der Waals surface area (Å²) in [4.78, 5) is 12.4. The van der Waals surface area contributed by atoms with Crippen LogP contribution in [0.5, 0.6) is 5.75 Å². The van der Waals surface area contributed by atoms with Crippen molar-refractivity contribution in [1.29, 1.82) is 0 Å². The molecule has 0 bridgehead atoms. The summed E-state index contributed by atoms with van der Waals surface area (Å²) in [5, 5.41) is 2.42. The minimum absolute atomic E-state index is 0.0183. The lowest BCUT2D eigenvalue weighted by atomic mass is 10.2. The molecular weight excluding hydrogens is 433 g/mol. The number of ether oxygens (including phenoxy) is 1. The van der Waals surface area contributed by atoms with Crippen molar-refractivity contribution in [1.82, 2.24) is 4.72 Å². The molecule has 31 heavy (non-hydrogen) atoms. The van der Waals surface area contributed by atoms with Crippen LogP contribution in [0.1, 0.15) is 15.9 Å². The van der Waals surface area contributed by atoms with Gasteiger partial charge in [0.15, 0.2) is 0 Å². The molecule has 0 heterocycles. The maximum Gasteiger partial charge on any atom is 0.573 e. The molecule has 0 aliphatic rings. The second-order valence-corrected chi connectivity index (χ2v) is 8.13. The van der Waals surface area contributed by atoms with Gasteiger partial charge in [-0.3, -0.25) is 4.79 Å². The summed E-state index contributed by atoms with van der Waals surface area (Å²) < 4.78 is 68.4. The lowest BCUT2D eigenvalue weighted by molar-refractivity contribution is -0.274. The van der Waals surface area contributed by atoms with E-state index in [4.69, 9.17) is 0 Å². The topological polar surface area (TPSA) is 84.5 Å². The Labute approximate surface area is 176 Å². The van der Waals surface area contributed by atoms with Gasteiger partial charge in [-0.2, -0.15) is 0 Å². The number of hydrogen-bond acceptors (Lipinski definition) is 4. The average Bonchev–Trinajstić information content (AvgIpc) is 2.72. The van der Waals surface area contributed by atoms with Crippen LogP contribution in [0.4, 0.5) is 18.9 Å². The van der Waals surface area contributed by atoms with Crippen LogP contribution >= 0.6 is 0 Å². The third kappa shape index (κ3) is 6.56. The zero-order valence-electron chi connectivity index (χ0n) is 15.9. The number of amides is 1. The van der Waals surface area contributed by atoms with Gasteiger partial charge in [-0.05, 0) is 35.9 Å². The van der Waals surface area contributed by atoms with Crippen LogP contribution in [0.2, 0.25) is 0 Å². The first-order valence-corrected chi connectivity index (χ1v) is 10.4. The number of nitrogens with one attached hydrogen (secondary N) is 2. The highest BCUT2D eigenvalue weighted by molar-refractivity contribution is 7.89. The Bertz CT molecular complexity index is 1170. The Hall–Kier alpha value is -3.37. The van der Waals surface area contributed by atoms with Gasteiger partial charge in [-0.25, -0.2) is 13.1 Å². The quantitative estimate of drug-likeness (QED) is 0.562. The van der Waals surface area contributed by atoms with E-state index < -0.39 is 28.0 Å². The standard InChI is InChI=1S/C21H17F3N2O4S/c22-21(23,24)30-18-10-5-9-17(13-18)26-20(27)16-8-4-11-19(12-16)31(28,29)25-14-15-6-2-1-3-7-15/h1-13,25H,14H2,(H,26,27). The molecule has 2 N–H and O–H groups in total. The molecule has 0 aliphatic carbocycles. The molecule has 162 valence electrons. The van der Waals surface area contributed by atoms with Crippen molar-refractivity contribution < 1.29 is 31.1 Å². The summed E-state index contributed by atoms with van der Waals surface area (Å²) in [6.45, 7) is 0.0750. The third-order valence-electron chi connectivity index (χ3n) is 4.04. The van der Waals surface area contributed by atoms with E-state index in [9.17, 15) is 26.4 Å². The molecule has 3 aromatic rings. The Morgan fingerprint density at radius 2 is 1.61 bits per heavy atom. The van der Waals surface area contributed by atoms with Gasteiger partial charge in [-0.15, -0.1) is 13.2 Å². The highest BCUT2D eigenvalue weighted by Crippen LogP contribution is 2.25. The van der Waals surface area contributed by atoms with Gasteiger partial charge < -0.3 is 10.1 Å². The van der Waals surface area contributed by atoms with E-state index in [1.54, 1.807) is 24.3 Å². The van der Waals surface area contributed by atoms with E-state index in [-0.39, 0.29) is 22.7 Å². The summed E-state index contributed by atoms with van der Waals surface area (Å²) in [5.41, 5.74) is 0.841. The molecule has 10 heteroatoms. The summed E-state index contributed by atoms with van der Waals surface area (Å²) >= 11 is 0. The molecule has 3 rings (SSSR count). The molecule has 0 unspecified atom stereocenters. The van der Waals surface area contributed by atoms with Gasteiger partial charge in [-0.1, -0.05) is 42.5 Å². The van der Waals surface area contributed by atoms with Crippen LogP contribution in [-0.4, -0.2) is 20.7 Å². The molecule has 0 atom stereocenters. The first-order valence-electron chi connectivity index (χ1n) is 8.93. The van der Waals surface area contributed by atoms with Gasteiger partial charge in [0.1, 0.15) is 5.75 Å². The first-order chi connectivity index (χ1) is 14.6. The Morgan fingerprint density at radius 3 is 2.32 bits per heavy atom. The number of carbonyl (C=O) groups is 1. The molecule has 6 nitrogen and oxygen atoms in total. The zero-order chi connectivity index (χ0) is 22.5. The molecule has 0 radical (unpaired) electrons. The number of rotatable bonds is 7. The number of hydrogen-bond donors (Lipinski definition) is 2. The second-order valence-electron chi connectivity index (χ2n) is 6.37. The van der Waals surface area contributed by atoms with Crippen molar-refractivity contribution in [3.63, 3.8) is 0 Å². The van der Waals surface area contributed by atoms with Crippen molar-refractivity contribution in [3.8, 4) is 5.75 Å². The van der Waals surface area contributed by atoms with Crippen LogP contribution in [0.25, 0.3) is 0 Å². The van der Waals surface area contributed by atoms with Crippen LogP contribution in [0.3, 0.4) is 0 Å². The van der Waals surface area contributed by atoms with Crippen LogP contribution in [-0.2, 0) is 16.6 Å². The van der Waals surface area contributed by atoms with E-state index in [1.165, 1.54) is 36.4 Å². The molecule has 1 amide bonds. The van der Waals surface area contributed by atoms with Crippen molar-refractivity contribution in [3.05, 3.63) is 90.0 Å². The largest absolute Gasteiger partial charge is 0.573 e. The minimum Gasteiger partial charge on any atom is -0.406 e. The van der Waals surface area contributed by atoms with Gasteiger partial charge >= 0.3 is 6.36 Å². The minimum atomic E-state index is -4.86. The fraction of sp³-hybridized carbons (Fsp3) is 0.0952. The molecule has 0 saturated heterocycles. The summed E-state index contributed by atoms with van der Waals surface area (Å²) in [6, 6.07) is 19.0. The summed E-state index contributed by atoms with van der Waals surface area (Å²) in [5.74, 6) is -1.18. The average molecular weight is 450 g/mol. The fourth-order valence-electron chi connectivity index (χ4n) is 2.64. The van der Waals surface area contributed by atoms with Crippen molar-refractivity contribution >= 4 is 21.6 Å². The zero-order valence-corrected chi connectivity index (χ0v) is 16.7. The third-order valence-corrected chi connectivity index (χ3v) is 5.44. The molecule has 0 spiro atoms. The number of sulfonamides is 1. The molecule has 0 aromatic heterocycles. The van der Waals surface area contributed by atoms with Gasteiger partial charge in [0.2, 0.25) is 10.0 Å². The van der Waals surface area contributed by atoms with E-state index in [2.05, 4.69) is 14.8 Å². The molecule has 0 fully saturated rings. The lowest BCUT2D eigenvalue weighted by Crippen LogP contribution is -2.23. The SMILES string of the molecule is O=C(Nc1cccc(OC(F)(F)F)c1)c1cccc(S(=O)(=O)NCc2ccccc2)c1. The number of alkyl halides is 3. The predicted octanol–water partition coefficient (Wildman–Crippen LogP) is 4.32. The number of halogens is 3. The van der Waals surface area contributed by atoms with Crippen molar-refractivity contribution in [2.75, 3.05) is 5.32 Å². The van der Waals surface area contributed by atoms with Gasteiger partial charge in [0.25, 0.3) is 5.91 Å². The smallest absolute Gasteiger partial charge is 0.406 e. The van der Waals surface area contributed by atoms with E-state index >= 15 is 0 Å².